The Morgan fingerprint density at radius 2 is 1.91 bits per heavy atom. The second kappa shape index (κ2) is 7.74. The van der Waals surface area contributed by atoms with E-state index in [0.29, 0.717) is 19.4 Å². The number of hydrogen-bond donors (Lipinski definition) is 0. The molecule has 1 unspecified atom stereocenters. The summed E-state index contributed by atoms with van der Waals surface area (Å²) >= 11 is 0. The standard InChI is InChI=1S/C19H22O3/c1-3-22-18(20)12-10-15-9-11-17(14(2)13-15)19(21)16-7-5-4-6-8-16/h4-9,11,14H,3,10,12-13H2,1-2H3. The van der Waals surface area contributed by atoms with Crippen molar-refractivity contribution in [1.29, 1.82) is 0 Å². The van der Waals surface area contributed by atoms with E-state index in [0.717, 1.165) is 17.6 Å². The Balaban J connectivity index is 2.03. The van der Waals surface area contributed by atoms with E-state index in [4.69, 9.17) is 4.74 Å². The van der Waals surface area contributed by atoms with E-state index in [-0.39, 0.29) is 17.7 Å². The van der Waals surface area contributed by atoms with Crippen LogP contribution in [0.15, 0.2) is 53.6 Å². The highest BCUT2D eigenvalue weighted by Gasteiger charge is 2.22. The first-order valence-corrected chi connectivity index (χ1v) is 7.76. The lowest BCUT2D eigenvalue weighted by atomic mass is 9.83. The Kier molecular flexibility index (Phi) is 5.70. The summed E-state index contributed by atoms with van der Waals surface area (Å²) in [6.07, 6.45) is 5.82. The van der Waals surface area contributed by atoms with E-state index >= 15 is 0 Å². The van der Waals surface area contributed by atoms with Crippen LogP contribution in [-0.2, 0) is 9.53 Å². The van der Waals surface area contributed by atoms with Gasteiger partial charge in [0.2, 0.25) is 0 Å². The zero-order chi connectivity index (χ0) is 15.9. The van der Waals surface area contributed by atoms with Gasteiger partial charge in [-0.3, -0.25) is 9.59 Å². The molecule has 3 heteroatoms. The van der Waals surface area contributed by atoms with Crippen LogP contribution in [0.5, 0.6) is 0 Å². The Labute approximate surface area is 131 Å². The molecule has 0 bridgehead atoms. The van der Waals surface area contributed by atoms with Crippen LogP contribution in [0.4, 0.5) is 0 Å². The molecule has 0 N–H and O–H groups in total. The fourth-order valence-corrected chi connectivity index (χ4v) is 2.68. The summed E-state index contributed by atoms with van der Waals surface area (Å²) in [5.74, 6) is 0.106. The second-order valence-electron chi connectivity index (χ2n) is 5.55. The molecule has 1 aromatic carbocycles. The molecule has 0 spiro atoms. The number of carbonyl (C=O) groups is 2. The van der Waals surface area contributed by atoms with Gasteiger partial charge in [0.05, 0.1) is 6.61 Å². The number of esters is 1. The van der Waals surface area contributed by atoms with Crippen molar-refractivity contribution in [3.8, 4) is 0 Å². The molecule has 0 fully saturated rings. The van der Waals surface area contributed by atoms with Crippen LogP contribution < -0.4 is 0 Å². The molecule has 0 aliphatic heterocycles. The summed E-state index contributed by atoms with van der Waals surface area (Å²) in [6.45, 7) is 4.29. The van der Waals surface area contributed by atoms with E-state index in [2.05, 4.69) is 6.92 Å². The van der Waals surface area contributed by atoms with Gasteiger partial charge in [0.25, 0.3) is 0 Å². The average Bonchev–Trinajstić information content (AvgIpc) is 2.53. The first kappa shape index (κ1) is 16.2. The molecule has 1 atom stereocenters. The van der Waals surface area contributed by atoms with Gasteiger partial charge in [-0.15, -0.1) is 0 Å². The summed E-state index contributed by atoms with van der Waals surface area (Å²) in [6, 6.07) is 9.35. The second-order valence-corrected chi connectivity index (χ2v) is 5.55. The lowest BCUT2D eigenvalue weighted by Gasteiger charge is -2.21. The van der Waals surface area contributed by atoms with Crippen molar-refractivity contribution in [2.75, 3.05) is 6.61 Å². The van der Waals surface area contributed by atoms with Gasteiger partial charge in [0, 0.05) is 17.6 Å². The molecule has 22 heavy (non-hydrogen) atoms. The van der Waals surface area contributed by atoms with Crippen LogP contribution in [0.2, 0.25) is 0 Å². The molecule has 1 aromatic rings. The highest BCUT2D eigenvalue weighted by molar-refractivity contribution is 6.09. The molecule has 1 aliphatic rings. The predicted molar refractivity (Wildman–Crippen MR) is 86.6 cm³/mol. The minimum Gasteiger partial charge on any atom is -0.466 e. The van der Waals surface area contributed by atoms with E-state index < -0.39 is 0 Å². The normalized spacial score (nSPS) is 17.5. The minimum atomic E-state index is -0.161. The lowest BCUT2D eigenvalue weighted by molar-refractivity contribution is -0.143. The number of rotatable bonds is 6. The number of allylic oxidation sites excluding steroid dienone is 4. The number of Topliss-reactive ketones (excluding diaryl/α,β-unsaturated/α-hetero) is 1. The molecule has 2 rings (SSSR count). The molecule has 0 heterocycles. The topological polar surface area (TPSA) is 43.4 Å². The molecule has 0 saturated carbocycles. The van der Waals surface area contributed by atoms with Crippen LogP contribution in [0, 0.1) is 5.92 Å². The molecular weight excluding hydrogens is 276 g/mol. The maximum atomic E-state index is 12.5. The van der Waals surface area contributed by atoms with Crippen molar-refractivity contribution in [2.24, 2.45) is 5.92 Å². The fourth-order valence-electron chi connectivity index (χ4n) is 2.68. The maximum absolute atomic E-state index is 12.5. The monoisotopic (exact) mass is 298 g/mol. The van der Waals surface area contributed by atoms with E-state index in [1.54, 1.807) is 0 Å². The first-order valence-electron chi connectivity index (χ1n) is 7.76. The minimum absolute atomic E-state index is 0.0915. The number of carbonyl (C=O) groups excluding carboxylic acids is 2. The average molecular weight is 298 g/mol. The van der Waals surface area contributed by atoms with Crippen molar-refractivity contribution >= 4 is 11.8 Å². The van der Waals surface area contributed by atoms with Crippen molar-refractivity contribution < 1.29 is 14.3 Å². The van der Waals surface area contributed by atoms with Crippen LogP contribution in [0.3, 0.4) is 0 Å². The molecule has 1 aliphatic carbocycles. The molecule has 0 saturated heterocycles. The van der Waals surface area contributed by atoms with Gasteiger partial charge in [-0.1, -0.05) is 55.0 Å². The zero-order valence-corrected chi connectivity index (χ0v) is 13.2. The smallest absolute Gasteiger partial charge is 0.306 e. The summed E-state index contributed by atoms with van der Waals surface area (Å²) in [7, 11) is 0. The van der Waals surface area contributed by atoms with Crippen molar-refractivity contribution in [2.45, 2.75) is 33.1 Å². The molecule has 3 nitrogen and oxygen atoms in total. The van der Waals surface area contributed by atoms with Crippen molar-refractivity contribution in [1.82, 2.24) is 0 Å². The Hall–Kier alpha value is -2.16. The van der Waals surface area contributed by atoms with Crippen LogP contribution in [0.1, 0.15) is 43.5 Å². The van der Waals surface area contributed by atoms with Crippen LogP contribution >= 0.6 is 0 Å². The number of hydrogen-bond acceptors (Lipinski definition) is 3. The third kappa shape index (κ3) is 4.17. The van der Waals surface area contributed by atoms with Crippen molar-refractivity contribution in [3.05, 3.63) is 59.2 Å². The van der Waals surface area contributed by atoms with E-state index in [9.17, 15) is 9.59 Å². The quantitative estimate of drug-likeness (QED) is 0.586. The summed E-state index contributed by atoms with van der Waals surface area (Å²) in [5.41, 5.74) is 2.76. The number of benzene rings is 1. The fraction of sp³-hybridized carbons (Fsp3) is 0.368. The number of ether oxygens (including phenoxy) is 1. The van der Waals surface area contributed by atoms with Gasteiger partial charge >= 0.3 is 5.97 Å². The van der Waals surface area contributed by atoms with Gasteiger partial charge in [-0.05, 0) is 25.7 Å². The highest BCUT2D eigenvalue weighted by Crippen LogP contribution is 2.29. The predicted octanol–water partition coefficient (Wildman–Crippen LogP) is 4.11. The van der Waals surface area contributed by atoms with E-state index in [1.807, 2.05) is 49.4 Å². The molecule has 116 valence electrons. The molecular formula is C19H22O3. The van der Waals surface area contributed by atoms with Gasteiger partial charge < -0.3 is 4.74 Å². The summed E-state index contributed by atoms with van der Waals surface area (Å²) in [5, 5.41) is 0. The molecule has 0 radical (unpaired) electrons. The maximum Gasteiger partial charge on any atom is 0.306 e. The SMILES string of the molecule is CCOC(=O)CCC1=CC=C(C(=O)c2ccccc2)C(C)C1. The summed E-state index contributed by atoms with van der Waals surface area (Å²) in [4.78, 5) is 23.9. The van der Waals surface area contributed by atoms with Gasteiger partial charge in [0.1, 0.15) is 0 Å². The largest absolute Gasteiger partial charge is 0.466 e. The molecule has 0 amide bonds. The van der Waals surface area contributed by atoms with Crippen LogP contribution in [0.25, 0.3) is 0 Å². The Bertz CT molecular complexity index is 596. The Morgan fingerprint density at radius 1 is 1.18 bits per heavy atom. The van der Waals surface area contributed by atoms with Gasteiger partial charge in [-0.25, -0.2) is 0 Å². The van der Waals surface area contributed by atoms with Gasteiger partial charge in [0.15, 0.2) is 5.78 Å². The summed E-state index contributed by atoms with van der Waals surface area (Å²) < 4.78 is 4.94. The van der Waals surface area contributed by atoms with Crippen molar-refractivity contribution in [3.63, 3.8) is 0 Å². The lowest BCUT2D eigenvalue weighted by Crippen LogP contribution is -2.15. The van der Waals surface area contributed by atoms with Crippen LogP contribution in [-0.4, -0.2) is 18.4 Å². The van der Waals surface area contributed by atoms with E-state index in [1.165, 1.54) is 5.57 Å². The third-order valence-electron chi connectivity index (χ3n) is 3.85. The third-order valence-corrected chi connectivity index (χ3v) is 3.85. The molecule has 0 aromatic heterocycles. The zero-order valence-electron chi connectivity index (χ0n) is 13.2. The van der Waals surface area contributed by atoms with Gasteiger partial charge in [-0.2, -0.15) is 0 Å². The number of ketones is 1. The Morgan fingerprint density at radius 3 is 2.55 bits per heavy atom. The highest BCUT2D eigenvalue weighted by atomic mass is 16.5. The first-order chi connectivity index (χ1) is 10.6.